The van der Waals surface area contributed by atoms with Crippen LogP contribution in [0.2, 0.25) is 0 Å². The highest BCUT2D eigenvalue weighted by atomic mass is 32.1. The van der Waals surface area contributed by atoms with Crippen molar-refractivity contribution in [2.24, 2.45) is 0 Å². The molecule has 5 nitrogen and oxygen atoms in total. The van der Waals surface area contributed by atoms with Crippen molar-refractivity contribution in [1.82, 2.24) is 20.4 Å². The van der Waals surface area contributed by atoms with Gasteiger partial charge in [-0.25, -0.2) is 0 Å². The second kappa shape index (κ2) is 5.96. The molecule has 0 aliphatic carbocycles. The predicted molar refractivity (Wildman–Crippen MR) is 76.2 cm³/mol. The molecule has 0 bridgehead atoms. The van der Waals surface area contributed by atoms with Crippen molar-refractivity contribution in [3.05, 3.63) is 10.0 Å². The zero-order valence-electron chi connectivity index (χ0n) is 11.9. The zero-order chi connectivity index (χ0) is 13.9. The van der Waals surface area contributed by atoms with Crippen molar-refractivity contribution in [3.63, 3.8) is 0 Å². The van der Waals surface area contributed by atoms with Crippen LogP contribution in [-0.2, 0) is 11.2 Å². The first-order chi connectivity index (χ1) is 9.00. The maximum absolute atomic E-state index is 12.3. The van der Waals surface area contributed by atoms with Gasteiger partial charge in [-0.15, -0.1) is 21.5 Å². The first-order valence-electron chi connectivity index (χ1n) is 6.82. The summed E-state index contributed by atoms with van der Waals surface area (Å²) >= 11 is 1.59. The quantitative estimate of drug-likeness (QED) is 0.886. The van der Waals surface area contributed by atoms with Gasteiger partial charge in [0.25, 0.3) is 0 Å². The lowest BCUT2D eigenvalue weighted by Gasteiger charge is -2.33. The number of nitrogens with one attached hydrogen (secondary N) is 1. The summed E-state index contributed by atoms with van der Waals surface area (Å²) in [5, 5.41) is 13.0. The lowest BCUT2D eigenvalue weighted by molar-refractivity contribution is -0.131. The van der Waals surface area contributed by atoms with Crippen LogP contribution in [0.3, 0.4) is 0 Å². The van der Waals surface area contributed by atoms with Crippen LogP contribution in [0.4, 0.5) is 0 Å². The molecule has 1 fully saturated rings. The Labute approximate surface area is 118 Å². The minimum atomic E-state index is -0.409. The van der Waals surface area contributed by atoms with Crippen LogP contribution < -0.4 is 5.32 Å². The van der Waals surface area contributed by atoms with Crippen molar-refractivity contribution < 1.29 is 4.79 Å². The predicted octanol–water partition coefficient (Wildman–Crippen LogP) is 1.38. The van der Waals surface area contributed by atoms with Gasteiger partial charge >= 0.3 is 0 Å². The molecule has 1 amide bonds. The molecular formula is C13H22N4OS. The molecule has 2 rings (SSSR count). The molecular weight excluding hydrogens is 260 g/mol. The maximum Gasteiger partial charge on any atom is 0.239 e. The van der Waals surface area contributed by atoms with Gasteiger partial charge in [0.1, 0.15) is 10.0 Å². The number of amides is 1. The Bertz CT molecular complexity index is 438. The number of aromatic nitrogens is 2. The summed E-state index contributed by atoms with van der Waals surface area (Å²) in [4.78, 5) is 14.5. The number of carbonyl (C=O) groups excluding carboxylic acids is 1. The smallest absolute Gasteiger partial charge is 0.239 e. The van der Waals surface area contributed by atoms with Gasteiger partial charge in [0.15, 0.2) is 0 Å². The molecule has 2 heterocycles. The average molecular weight is 282 g/mol. The van der Waals surface area contributed by atoms with Gasteiger partial charge in [-0.2, -0.15) is 0 Å². The zero-order valence-corrected chi connectivity index (χ0v) is 12.7. The Morgan fingerprint density at radius 3 is 2.63 bits per heavy atom. The van der Waals surface area contributed by atoms with Crippen molar-refractivity contribution >= 4 is 17.2 Å². The fraction of sp³-hybridized carbons (Fsp3) is 0.769. The van der Waals surface area contributed by atoms with Crippen molar-refractivity contribution in [1.29, 1.82) is 0 Å². The number of hydrogen-bond acceptors (Lipinski definition) is 5. The molecule has 0 spiro atoms. The number of hydrogen-bond donors (Lipinski definition) is 1. The summed E-state index contributed by atoms with van der Waals surface area (Å²) in [6, 6.07) is 0. The third kappa shape index (κ3) is 3.51. The Kier molecular flexibility index (Phi) is 4.52. The van der Waals surface area contributed by atoms with Gasteiger partial charge in [-0.1, -0.05) is 0 Å². The molecule has 0 saturated carbocycles. The van der Waals surface area contributed by atoms with Crippen molar-refractivity contribution in [3.8, 4) is 0 Å². The Balaban J connectivity index is 1.80. The van der Waals surface area contributed by atoms with E-state index in [4.69, 9.17) is 0 Å². The molecule has 1 aromatic heterocycles. The first kappa shape index (κ1) is 14.4. The highest BCUT2D eigenvalue weighted by Gasteiger charge is 2.35. The van der Waals surface area contributed by atoms with Gasteiger partial charge in [0.05, 0.1) is 5.54 Å². The maximum atomic E-state index is 12.3. The summed E-state index contributed by atoms with van der Waals surface area (Å²) in [7, 11) is 0. The SMILES string of the molecule is Cc1nnc(CCNC(=O)C(C)(C)N2CCCC2)s1. The van der Waals surface area contributed by atoms with Gasteiger partial charge in [0.2, 0.25) is 5.91 Å². The summed E-state index contributed by atoms with van der Waals surface area (Å²) in [6.45, 7) is 8.62. The van der Waals surface area contributed by atoms with Crippen LogP contribution in [0.5, 0.6) is 0 Å². The Hall–Kier alpha value is -1.01. The van der Waals surface area contributed by atoms with Crippen LogP contribution in [0.25, 0.3) is 0 Å². The van der Waals surface area contributed by atoms with E-state index in [9.17, 15) is 4.79 Å². The number of aryl methyl sites for hydroxylation is 1. The van der Waals surface area contributed by atoms with E-state index >= 15 is 0 Å². The second-order valence-electron chi connectivity index (χ2n) is 5.47. The van der Waals surface area contributed by atoms with Crippen LogP contribution in [0.1, 0.15) is 36.7 Å². The summed E-state index contributed by atoms with van der Waals surface area (Å²) < 4.78 is 0. The minimum Gasteiger partial charge on any atom is -0.354 e. The molecule has 19 heavy (non-hydrogen) atoms. The number of nitrogens with zero attached hydrogens (tertiary/aromatic N) is 3. The van der Waals surface area contributed by atoms with E-state index in [1.807, 2.05) is 20.8 Å². The van der Waals surface area contributed by atoms with E-state index in [2.05, 4.69) is 20.4 Å². The lowest BCUT2D eigenvalue weighted by Crippen LogP contribution is -2.54. The highest BCUT2D eigenvalue weighted by molar-refractivity contribution is 7.11. The average Bonchev–Trinajstić information content (AvgIpc) is 3.00. The topological polar surface area (TPSA) is 58.1 Å². The Morgan fingerprint density at radius 2 is 2.05 bits per heavy atom. The van der Waals surface area contributed by atoms with Crippen LogP contribution >= 0.6 is 11.3 Å². The lowest BCUT2D eigenvalue weighted by atomic mass is 10.0. The third-order valence-electron chi connectivity index (χ3n) is 3.64. The highest BCUT2D eigenvalue weighted by Crippen LogP contribution is 2.21. The molecule has 106 valence electrons. The molecule has 1 saturated heterocycles. The van der Waals surface area contributed by atoms with E-state index < -0.39 is 5.54 Å². The van der Waals surface area contributed by atoms with E-state index in [1.165, 1.54) is 12.8 Å². The number of likely N-dealkylation sites (tertiary alicyclic amines) is 1. The van der Waals surface area contributed by atoms with Crippen LogP contribution in [0.15, 0.2) is 0 Å². The van der Waals surface area contributed by atoms with Gasteiger partial charge in [-0.05, 0) is 46.7 Å². The minimum absolute atomic E-state index is 0.107. The molecule has 6 heteroatoms. The largest absolute Gasteiger partial charge is 0.354 e. The van der Waals surface area contributed by atoms with Gasteiger partial charge in [-0.3, -0.25) is 9.69 Å². The standard InChI is InChI=1S/C13H22N4OS/c1-10-15-16-11(19-10)6-7-14-12(18)13(2,3)17-8-4-5-9-17/h4-9H2,1-3H3,(H,14,18). The molecule has 1 N–H and O–H groups in total. The van der Waals surface area contributed by atoms with E-state index in [-0.39, 0.29) is 5.91 Å². The normalized spacial score (nSPS) is 16.8. The van der Waals surface area contributed by atoms with E-state index in [1.54, 1.807) is 11.3 Å². The van der Waals surface area contributed by atoms with Crippen LogP contribution in [-0.4, -0.2) is 46.2 Å². The number of rotatable bonds is 5. The monoisotopic (exact) mass is 282 g/mol. The summed E-state index contributed by atoms with van der Waals surface area (Å²) in [5.74, 6) is 0.107. The van der Waals surface area contributed by atoms with Gasteiger partial charge < -0.3 is 5.32 Å². The van der Waals surface area contributed by atoms with Gasteiger partial charge in [0, 0.05) is 13.0 Å². The summed E-state index contributed by atoms with van der Waals surface area (Å²) in [5.41, 5.74) is -0.409. The fourth-order valence-corrected chi connectivity index (χ4v) is 3.07. The second-order valence-corrected chi connectivity index (χ2v) is 6.74. The summed E-state index contributed by atoms with van der Waals surface area (Å²) in [6.07, 6.45) is 3.15. The van der Waals surface area contributed by atoms with E-state index in [0.717, 1.165) is 29.5 Å². The molecule has 0 atom stereocenters. The molecule has 0 unspecified atom stereocenters. The van der Waals surface area contributed by atoms with Crippen molar-refractivity contribution in [2.45, 2.75) is 45.6 Å². The molecule has 1 aliphatic rings. The van der Waals surface area contributed by atoms with E-state index in [0.29, 0.717) is 6.54 Å². The number of carbonyl (C=O) groups is 1. The molecule has 1 aliphatic heterocycles. The Morgan fingerprint density at radius 1 is 1.37 bits per heavy atom. The third-order valence-corrected chi connectivity index (χ3v) is 4.54. The van der Waals surface area contributed by atoms with Crippen LogP contribution in [0, 0.1) is 6.92 Å². The molecule has 0 radical (unpaired) electrons. The van der Waals surface area contributed by atoms with Crippen molar-refractivity contribution in [2.75, 3.05) is 19.6 Å². The fourth-order valence-electron chi connectivity index (χ4n) is 2.36. The molecule has 1 aromatic rings. The molecule has 0 aromatic carbocycles. The first-order valence-corrected chi connectivity index (χ1v) is 7.64.